The molecule has 0 saturated heterocycles. The van der Waals surface area contributed by atoms with Gasteiger partial charge in [0.2, 0.25) is 0 Å². The van der Waals surface area contributed by atoms with Gasteiger partial charge in [-0.2, -0.15) is 0 Å². The average molecular weight is 694 g/mol. The zero-order valence-electron chi connectivity index (χ0n) is 29.6. The lowest BCUT2D eigenvalue weighted by Crippen LogP contribution is -2.16. The summed E-state index contributed by atoms with van der Waals surface area (Å²) in [5.41, 5.74) is 18.8. The number of nitrogens with zero attached hydrogens (tertiary/aromatic N) is 1. The molecule has 2 aliphatic carbocycles. The van der Waals surface area contributed by atoms with Crippen LogP contribution in [-0.2, 0) is 5.41 Å². The van der Waals surface area contributed by atoms with Gasteiger partial charge in [0.1, 0.15) is 0 Å². The molecule has 2 aliphatic rings. The first-order chi connectivity index (χ1) is 26.0. The van der Waals surface area contributed by atoms with E-state index in [2.05, 4.69) is 195 Å². The second-order valence-electron chi connectivity index (χ2n) is 14.9. The summed E-state index contributed by atoms with van der Waals surface area (Å²) in [6.07, 6.45) is 0. The van der Waals surface area contributed by atoms with E-state index in [4.69, 9.17) is 0 Å². The van der Waals surface area contributed by atoms with E-state index >= 15 is 0 Å². The average Bonchev–Trinajstić information content (AvgIpc) is 3.69. The molecule has 1 aromatic heterocycles. The zero-order chi connectivity index (χ0) is 35.3. The summed E-state index contributed by atoms with van der Waals surface area (Å²) in [6.45, 7) is 4.74. The monoisotopic (exact) mass is 693 g/mol. The second-order valence-corrected chi connectivity index (χ2v) is 16.0. The number of hydrogen-bond acceptors (Lipinski definition) is 2. The van der Waals surface area contributed by atoms with Gasteiger partial charge < -0.3 is 4.90 Å². The van der Waals surface area contributed by atoms with Crippen LogP contribution in [0.2, 0.25) is 0 Å². The maximum atomic E-state index is 2.48. The highest BCUT2D eigenvalue weighted by Crippen LogP contribution is 2.53. The molecule has 0 fully saturated rings. The Morgan fingerprint density at radius 2 is 0.774 bits per heavy atom. The third kappa shape index (κ3) is 4.49. The van der Waals surface area contributed by atoms with E-state index in [0.29, 0.717) is 0 Å². The fraction of sp³-hybridized carbons (Fsp3) is 0.0588. The van der Waals surface area contributed by atoms with Gasteiger partial charge in [-0.25, -0.2) is 0 Å². The highest BCUT2D eigenvalue weighted by Gasteiger charge is 2.36. The Bertz CT molecular complexity index is 2940. The number of anilines is 3. The van der Waals surface area contributed by atoms with Gasteiger partial charge in [0.25, 0.3) is 0 Å². The van der Waals surface area contributed by atoms with E-state index < -0.39 is 0 Å². The van der Waals surface area contributed by atoms with Crippen molar-refractivity contribution in [2.24, 2.45) is 0 Å². The molecule has 0 aliphatic heterocycles. The molecule has 0 spiro atoms. The third-order valence-corrected chi connectivity index (χ3v) is 12.8. The largest absolute Gasteiger partial charge is 0.310 e. The van der Waals surface area contributed by atoms with Crippen molar-refractivity contribution in [1.29, 1.82) is 0 Å². The predicted molar refractivity (Wildman–Crippen MR) is 227 cm³/mol. The van der Waals surface area contributed by atoms with Gasteiger partial charge in [-0.05, 0) is 109 Å². The molecule has 1 nitrogen and oxygen atoms in total. The van der Waals surface area contributed by atoms with Gasteiger partial charge in [-0.1, -0.05) is 147 Å². The topological polar surface area (TPSA) is 3.24 Å². The van der Waals surface area contributed by atoms with E-state index in [-0.39, 0.29) is 5.41 Å². The van der Waals surface area contributed by atoms with E-state index in [9.17, 15) is 0 Å². The molecule has 9 aromatic rings. The maximum Gasteiger partial charge on any atom is 0.0476 e. The van der Waals surface area contributed by atoms with Crippen molar-refractivity contribution >= 4 is 48.6 Å². The molecule has 1 heterocycles. The Kier molecular flexibility index (Phi) is 6.53. The number of fused-ring (bicyclic) bond motifs is 14. The van der Waals surface area contributed by atoms with Crippen molar-refractivity contribution in [2.45, 2.75) is 19.3 Å². The molecule has 250 valence electrons. The minimum Gasteiger partial charge on any atom is -0.310 e. The Labute approximate surface area is 314 Å². The minimum atomic E-state index is -0.106. The van der Waals surface area contributed by atoms with Crippen LogP contribution in [0, 0.1) is 0 Å². The van der Waals surface area contributed by atoms with Crippen LogP contribution in [0.25, 0.3) is 75.8 Å². The fourth-order valence-corrected chi connectivity index (χ4v) is 10.3. The third-order valence-electron chi connectivity index (χ3n) is 11.6. The molecular formula is C51H35NS. The summed E-state index contributed by atoms with van der Waals surface area (Å²) in [6, 6.07) is 65.6. The molecule has 11 rings (SSSR count). The maximum absolute atomic E-state index is 2.48. The van der Waals surface area contributed by atoms with E-state index in [0.717, 1.165) is 17.1 Å². The highest BCUT2D eigenvalue weighted by molar-refractivity contribution is 7.25. The quantitative estimate of drug-likeness (QED) is 0.178. The summed E-state index contributed by atoms with van der Waals surface area (Å²) in [7, 11) is 0. The van der Waals surface area contributed by atoms with Gasteiger partial charge in [0.15, 0.2) is 0 Å². The molecule has 0 radical (unpaired) electrons. The van der Waals surface area contributed by atoms with Crippen molar-refractivity contribution in [2.75, 3.05) is 4.90 Å². The Morgan fingerprint density at radius 3 is 1.43 bits per heavy atom. The molecule has 53 heavy (non-hydrogen) atoms. The number of hydrogen-bond donors (Lipinski definition) is 0. The van der Waals surface area contributed by atoms with Crippen LogP contribution < -0.4 is 4.90 Å². The Hall–Kier alpha value is -6.22. The molecule has 8 aromatic carbocycles. The van der Waals surface area contributed by atoms with Crippen molar-refractivity contribution < 1.29 is 0 Å². The molecule has 0 bridgehead atoms. The highest BCUT2D eigenvalue weighted by atomic mass is 32.1. The Balaban J connectivity index is 1.17. The van der Waals surface area contributed by atoms with Gasteiger partial charge in [-0.3, -0.25) is 0 Å². The van der Waals surface area contributed by atoms with Crippen LogP contribution >= 0.6 is 11.3 Å². The zero-order valence-corrected chi connectivity index (χ0v) is 30.4. The lowest BCUT2D eigenvalue weighted by atomic mass is 9.80. The molecule has 0 unspecified atom stereocenters. The van der Waals surface area contributed by atoms with E-state index in [1.807, 2.05) is 11.3 Å². The van der Waals surface area contributed by atoms with Crippen LogP contribution in [0.4, 0.5) is 17.1 Å². The molecular weight excluding hydrogens is 659 g/mol. The first-order valence-corrected chi connectivity index (χ1v) is 19.2. The van der Waals surface area contributed by atoms with Gasteiger partial charge in [-0.15, -0.1) is 11.3 Å². The summed E-state index contributed by atoms with van der Waals surface area (Å²) in [5, 5.41) is 2.63. The number of thiophene rings is 1. The van der Waals surface area contributed by atoms with Crippen LogP contribution in [-0.4, -0.2) is 0 Å². The van der Waals surface area contributed by atoms with Crippen molar-refractivity contribution in [1.82, 2.24) is 0 Å². The smallest absolute Gasteiger partial charge is 0.0476 e. The van der Waals surface area contributed by atoms with Crippen LogP contribution in [0.15, 0.2) is 176 Å². The first kappa shape index (κ1) is 30.4. The molecule has 2 heteroatoms. The summed E-state index contributed by atoms with van der Waals surface area (Å²) >= 11 is 1.87. The minimum absolute atomic E-state index is 0.106. The van der Waals surface area contributed by atoms with Gasteiger partial charge in [0.05, 0.1) is 0 Å². The van der Waals surface area contributed by atoms with Crippen LogP contribution in [0.1, 0.15) is 25.0 Å². The molecule has 0 amide bonds. The number of rotatable bonds is 3. The fourth-order valence-electron chi connectivity index (χ4n) is 9.12. The Morgan fingerprint density at radius 1 is 0.340 bits per heavy atom. The van der Waals surface area contributed by atoms with E-state index in [1.165, 1.54) is 86.9 Å². The van der Waals surface area contributed by atoms with Gasteiger partial charge in [0, 0.05) is 42.6 Å². The SMILES string of the molecule is CC1(C)c2ccccc2-c2ccc(N(c3ccc4c(c3)-c3ccccc3-c3ccccc3-c3ccccc3-4)c3ccc4c(c3)sc3ccccc34)cc21. The van der Waals surface area contributed by atoms with Crippen molar-refractivity contribution in [3.8, 4) is 55.6 Å². The van der Waals surface area contributed by atoms with Crippen molar-refractivity contribution in [3.63, 3.8) is 0 Å². The molecule has 0 N–H and O–H groups in total. The lowest BCUT2D eigenvalue weighted by molar-refractivity contribution is 0.660. The normalized spacial score (nSPS) is 13.2. The predicted octanol–water partition coefficient (Wildman–Crippen LogP) is 14.8. The molecule has 0 atom stereocenters. The van der Waals surface area contributed by atoms with Crippen molar-refractivity contribution in [3.05, 3.63) is 187 Å². The molecule has 0 saturated carbocycles. The second kappa shape index (κ2) is 11.4. The standard InChI is InChI=1S/C51H35NS/c1-51(2)47-21-11-9-19-42(47)43-27-24-33(30-48(43)51)52(34-25-28-45-44-20-10-12-22-49(44)53-50(45)31-34)32-23-26-41-39-17-6-5-15-37(39)35-13-3-4-14-36(35)38-16-7-8-18-40(38)46(41)29-32/h3-31H,1-2H3. The summed E-state index contributed by atoms with van der Waals surface area (Å²) in [4.78, 5) is 2.48. The van der Waals surface area contributed by atoms with E-state index in [1.54, 1.807) is 0 Å². The first-order valence-electron chi connectivity index (χ1n) is 18.4. The lowest BCUT2D eigenvalue weighted by Gasteiger charge is -2.30. The van der Waals surface area contributed by atoms with Crippen LogP contribution in [0.3, 0.4) is 0 Å². The number of benzene rings is 8. The van der Waals surface area contributed by atoms with Crippen LogP contribution in [0.5, 0.6) is 0 Å². The summed E-state index contributed by atoms with van der Waals surface area (Å²) in [5.74, 6) is 0. The summed E-state index contributed by atoms with van der Waals surface area (Å²) < 4.78 is 2.62. The van der Waals surface area contributed by atoms with Gasteiger partial charge >= 0.3 is 0 Å².